The first kappa shape index (κ1) is 15.5. The standard InChI is InChI=1S/C17H24N2O3/c1-13-11-19(15-7-10-22-17(15)21)9-8-18(13)12-16(20)14-5-3-2-4-6-14/h2-6,13,15-16,20H,7-12H2,1H3. The Hall–Kier alpha value is -1.43. The summed E-state index contributed by atoms with van der Waals surface area (Å²) in [5, 5.41) is 10.4. The number of carbonyl (C=O) groups is 1. The number of aliphatic hydroxyl groups excluding tert-OH is 1. The van der Waals surface area contributed by atoms with Crippen LogP contribution in [-0.4, -0.2) is 65.7 Å². The molecule has 0 bridgehead atoms. The number of piperazine rings is 1. The lowest BCUT2D eigenvalue weighted by atomic mass is 10.1. The van der Waals surface area contributed by atoms with Crippen LogP contribution in [0.2, 0.25) is 0 Å². The Bertz CT molecular complexity index is 508. The van der Waals surface area contributed by atoms with E-state index in [1.807, 2.05) is 30.3 Å². The number of hydrogen-bond acceptors (Lipinski definition) is 5. The van der Waals surface area contributed by atoms with E-state index in [1.165, 1.54) is 0 Å². The van der Waals surface area contributed by atoms with E-state index in [0.29, 0.717) is 19.2 Å². The van der Waals surface area contributed by atoms with Crippen LogP contribution in [0, 0.1) is 0 Å². The molecule has 3 rings (SSSR count). The zero-order valence-electron chi connectivity index (χ0n) is 13.0. The van der Waals surface area contributed by atoms with Crippen molar-refractivity contribution in [3.05, 3.63) is 35.9 Å². The molecule has 1 aromatic rings. The molecule has 3 atom stereocenters. The third-order valence-corrected chi connectivity index (χ3v) is 4.74. The minimum absolute atomic E-state index is 0.0661. The van der Waals surface area contributed by atoms with E-state index in [0.717, 1.165) is 31.6 Å². The number of benzene rings is 1. The molecule has 0 aromatic heterocycles. The molecule has 2 aliphatic heterocycles. The second-order valence-electron chi connectivity index (χ2n) is 6.24. The van der Waals surface area contributed by atoms with Crippen molar-refractivity contribution in [3.8, 4) is 0 Å². The van der Waals surface area contributed by atoms with Crippen LogP contribution in [0.3, 0.4) is 0 Å². The normalized spacial score (nSPS) is 28.5. The summed E-state index contributed by atoms with van der Waals surface area (Å²) in [6.07, 6.45) is 0.338. The maximum atomic E-state index is 11.7. The zero-order chi connectivity index (χ0) is 15.5. The predicted octanol–water partition coefficient (Wildman–Crippen LogP) is 1.04. The number of hydrogen-bond donors (Lipinski definition) is 1. The van der Waals surface area contributed by atoms with Gasteiger partial charge in [0, 0.05) is 38.6 Å². The van der Waals surface area contributed by atoms with Crippen molar-refractivity contribution in [2.75, 3.05) is 32.8 Å². The Morgan fingerprint density at radius 2 is 2.09 bits per heavy atom. The average molecular weight is 304 g/mol. The van der Waals surface area contributed by atoms with Crippen LogP contribution < -0.4 is 0 Å². The Morgan fingerprint density at radius 1 is 1.32 bits per heavy atom. The van der Waals surface area contributed by atoms with E-state index >= 15 is 0 Å². The van der Waals surface area contributed by atoms with Crippen molar-refractivity contribution < 1.29 is 14.6 Å². The van der Waals surface area contributed by atoms with Gasteiger partial charge in [-0.25, -0.2) is 0 Å². The number of aliphatic hydroxyl groups is 1. The second kappa shape index (κ2) is 6.77. The van der Waals surface area contributed by atoms with Crippen LogP contribution in [0.25, 0.3) is 0 Å². The first-order valence-electron chi connectivity index (χ1n) is 8.03. The van der Waals surface area contributed by atoms with Gasteiger partial charge in [0.1, 0.15) is 6.04 Å². The monoisotopic (exact) mass is 304 g/mol. The largest absolute Gasteiger partial charge is 0.464 e. The lowest BCUT2D eigenvalue weighted by molar-refractivity contribution is -0.143. The molecule has 1 aromatic carbocycles. The maximum Gasteiger partial charge on any atom is 0.323 e. The minimum Gasteiger partial charge on any atom is -0.464 e. The van der Waals surface area contributed by atoms with Gasteiger partial charge in [-0.2, -0.15) is 0 Å². The summed E-state index contributed by atoms with van der Waals surface area (Å²) < 4.78 is 5.07. The molecule has 5 nitrogen and oxygen atoms in total. The van der Waals surface area contributed by atoms with Gasteiger partial charge in [0.05, 0.1) is 12.7 Å². The summed E-state index contributed by atoms with van der Waals surface area (Å²) in [5.74, 6) is -0.0787. The number of rotatable bonds is 4. The molecule has 0 aliphatic carbocycles. The summed E-state index contributed by atoms with van der Waals surface area (Å²) >= 11 is 0. The lowest BCUT2D eigenvalue weighted by Gasteiger charge is -2.42. The molecule has 0 radical (unpaired) electrons. The highest BCUT2D eigenvalue weighted by Gasteiger charge is 2.36. The van der Waals surface area contributed by atoms with Crippen molar-refractivity contribution in [2.45, 2.75) is 31.5 Å². The topological polar surface area (TPSA) is 53.0 Å². The number of nitrogens with zero attached hydrogens (tertiary/aromatic N) is 2. The molecule has 0 amide bonds. The summed E-state index contributed by atoms with van der Waals surface area (Å²) in [7, 11) is 0. The molecule has 2 fully saturated rings. The van der Waals surface area contributed by atoms with Crippen molar-refractivity contribution in [2.24, 2.45) is 0 Å². The molecule has 0 saturated carbocycles. The molecule has 2 saturated heterocycles. The highest BCUT2D eigenvalue weighted by atomic mass is 16.5. The lowest BCUT2D eigenvalue weighted by Crippen LogP contribution is -2.56. The van der Waals surface area contributed by atoms with E-state index in [1.54, 1.807) is 0 Å². The maximum absolute atomic E-state index is 11.7. The molecule has 22 heavy (non-hydrogen) atoms. The molecule has 5 heteroatoms. The zero-order valence-corrected chi connectivity index (χ0v) is 13.0. The average Bonchev–Trinajstić information content (AvgIpc) is 2.96. The van der Waals surface area contributed by atoms with Gasteiger partial charge < -0.3 is 9.84 Å². The summed E-state index contributed by atoms with van der Waals surface area (Å²) in [6.45, 7) is 5.91. The van der Waals surface area contributed by atoms with Crippen LogP contribution in [0.4, 0.5) is 0 Å². The molecule has 2 aliphatic rings. The Balaban J connectivity index is 1.55. The fourth-order valence-corrected chi connectivity index (χ4v) is 3.40. The van der Waals surface area contributed by atoms with Gasteiger partial charge in [-0.3, -0.25) is 14.6 Å². The van der Waals surface area contributed by atoms with Gasteiger partial charge in [-0.05, 0) is 12.5 Å². The van der Waals surface area contributed by atoms with E-state index in [4.69, 9.17) is 4.74 Å². The number of cyclic esters (lactones) is 1. The summed E-state index contributed by atoms with van der Waals surface area (Å²) in [5.41, 5.74) is 0.955. The third kappa shape index (κ3) is 3.32. The van der Waals surface area contributed by atoms with Crippen LogP contribution in [-0.2, 0) is 9.53 Å². The Morgan fingerprint density at radius 3 is 2.73 bits per heavy atom. The molecular weight excluding hydrogens is 280 g/mol. The van der Waals surface area contributed by atoms with Crippen molar-refractivity contribution >= 4 is 5.97 Å². The summed E-state index contributed by atoms with van der Waals surface area (Å²) in [4.78, 5) is 16.2. The van der Waals surface area contributed by atoms with Gasteiger partial charge in [0.2, 0.25) is 0 Å². The van der Waals surface area contributed by atoms with Gasteiger partial charge in [-0.1, -0.05) is 30.3 Å². The first-order valence-corrected chi connectivity index (χ1v) is 8.03. The predicted molar refractivity (Wildman–Crippen MR) is 83.4 cm³/mol. The Labute approximate surface area is 131 Å². The van der Waals surface area contributed by atoms with Gasteiger partial charge in [0.25, 0.3) is 0 Å². The van der Waals surface area contributed by atoms with Crippen LogP contribution in [0.15, 0.2) is 30.3 Å². The van der Waals surface area contributed by atoms with E-state index < -0.39 is 6.10 Å². The number of esters is 1. The molecule has 3 unspecified atom stereocenters. The minimum atomic E-state index is -0.466. The van der Waals surface area contributed by atoms with Gasteiger partial charge >= 0.3 is 5.97 Å². The van der Waals surface area contributed by atoms with Gasteiger partial charge in [-0.15, -0.1) is 0 Å². The fraction of sp³-hybridized carbons (Fsp3) is 0.588. The molecule has 120 valence electrons. The quantitative estimate of drug-likeness (QED) is 0.843. The van der Waals surface area contributed by atoms with Crippen LogP contribution in [0.1, 0.15) is 25.0 Å². The number of β-amino-alcohol motifs (C(OH)–C–C–N with tert-alkyl or cyclic N) is 1. The van der Waals surface area contributed by atoms with Crippen molar-refractivity contribution in [3.63, 3.8) is 0 Å². The smallest absolute Gasteiger partial charge is 0.323 e. The van der Waals surface area contributed by atoms with Crippen LogP contribution >= 0.6 is 0 Å². The molecular formula is C17H24N2O3. The first-order chi connectivity index (χ1) is 10.6. The van der Waals surface area contributed by atoms with Crippen molar-refractivity contribution in [1.82, 2.24) is 9.80 Å². The number of carbonyl (C=O) groups excluding carboxylic acids is 1. The second-order valence-corrected chi connectivity index (χ2v) is 6.24. The van der Waals surface area contributed by atoms with E-state index in [-0.39, 0.29) is 12.0 Å². The Kier molecular flexibility index (Phi) is 4.76. The SMILES string of the molecule is CC1CN(C2CCOC2=O)CCN1CC(O)c1ccccc1. The van der Waals surface area contributed by atoms with E-state index in [2.05, 4.69) is 16.7 Å². The highest BCUT2D eigenvalue weighted by molar-refractivity contribution is 5.77. The van der Waals surface area contributed by atoms with Crippen LogP contribution in [0.5, 0.6) is 0 Å². The fourth-order valence-electron chi connectivity index (χ4n) is 3.40. The molecule has 1 N–H and O–H groups in total. The highest BCUT2D eigenvalue weighted by Crippen LogP contribution is 2.21. The number of ether oxygens (including phenoxy) is 1. The molecule has 2 heterocycles. The van der Waals surface area contributed by atoms with E-state index in [9.17, 15) is 9.90 Å². The summed E-state index contributed by atoms with van der Waals surface area (Å²) in [6, 6.07) is 10.0. The molecule has 0 spiro atoms. The van der Waals surface area contributed by atoms with Crippen molar-refractivity contribution in [1.29, 1.82) is 0 Å². The third-order valence-electron chi connectivity index (χ3n) is 4.74. The van der Waals surface area contributed by atoms with Gasteiger partial charge in [0.15, 0.2) is 0 Å².